The second-order valence-electron chi connectivity index (χ2n) is 6.49. The maximum Gasteiger partial charge on any atom is 0.128 e. The number of halogens is 1. The molecule has 0 amide bonds. The summed E-state index contributed by atoms with van der Waals surface area (Å²) in [6.07, 6.45) is 4.22. The highest BCUT2D eigenvalue weighted by molar-refractivity contribution is 6.31. The standard InChI is InChI=1S/C16H24ClN3/c1-11(2)18-8-15-14(17)6-7-16(19-15)20-9-12-4-3-5-13(12)10-20/h6-7,11-13,18H,3-5,8-10H2,1-2H3. The quantitative estimate of drug-likeness (QED) is 0.921. The lowest BCUT2D eigenvalue weighted by molar-refractivity contribution is 0.494. The Kier molecular flexibility index (Phi) is 4.18. The maximum atomic E-state index is 6.26. The molecular formula is C16H24ClN3. The van der Waals surface area contributed by atoms with E-state index in [1.165, 1.54) is 32.4 Å². The summed E-state index contributed by atoms with van der Waals surface area (Å²) in [7, 11) is 0. The molecule has 2 atom stereocenters. The van der Waals surface area contributed by atoms with Crippen molar-refractivity contribution >= 4 is 17.4 Å². The summed E-state index contributed by atoms with van der Waals surface area (Å²) in [5.41, 5.74) is 0.968. The molecule has 110 valence electrons. The van der Waals surface area contributed by atoms with Gasteiger partial charge in [0.25, 0.3) is 0 Å². The van der Waals surface area contributed by atoms with Crippen LogP contribution in [-0.2, 0) is 6.54 Å². The highest BCUT2D eigenvalue weighted by Crippen LogP contribution is 2.39. The van der Waals surface area contributed by atoms with Crippen molar-refractivity contribution in [3.8, 4) is 0 Å². The van der Waals surface area contributed by atoms with Gasteiger partial charge in [0.2, 0.25) is 0 Å². The molecule has 1 aromatic rings. The summed E-state index contributed by atoms with van der Waals surface area (Å²) >= 11 is 6.26. The van der Waals surface area contributed by atoms with Crippen molar-refractivity contribution in [2.45, 2.75) is 45.7 Å². The molecule has 3 rings (SSSR count). The van der Waals surface area contributed by atoms with Gasteiger partial charge in [0.1, 0.15) is 5.82 Å². The zero-order valence-corrected chi connectivity index (χ0v) is 13.2. The average molecular weight is 294 g/mol. The van der Waals surface area contributed by atoms with Gasteiger partial charge >= 0.3 is 0 Å². The van der Waals surface area contributed by atoms with E-state index in [1.807, 2.05) is 6.07 Å². The first-order valence-corrected chi connectivity index (χ1v) is 8.15. The molecule has 3 nitrogen and oxygen atoms in total. The molecule has 1 aliphatic heterocycles. The zero-order valence-electron chi connectivity index (χ0n) is 12.4. The fraction of sp³-hybridized carbons (Fsp3) is 0.688. The maximum absolute atomic E-state index is 6.26. The van der Waals surface area contributed by atoms with Crippen molar-refractivity contribution < 1.29 is 0 Å². The van der Waals surface area contributed by atoms with Gasteiger partial charge in [-0.05, 0) is 36.8 Å². The van der Waals surface area contributed by atoms with Crippen LogP contribution in [-0.4, -0.2) is 24.1 Å². The second kappa shape index (κ2) is 5.90. The molecule has 2 unspecified atom stereocenters. The number of rotatable bonds is 4. The number of hydrogen-bond acceptors (Lipinski definition) is 3. The monoisotopic (exact) mass is 293 g/mol. The molecule has 2 heterocycles. The van der Waals surface area contributed by atoms with Gasteiger partial charge in [-0.15, -0.1) is 0 Å². The number of aromatic nitrogens is 1. The zero-order chi connectivity index (χ0) is 14.1. The second-order valence-corrected chi connectivity index (χ2v) is 6.90. The molecule has 2 fully saturated rings. The van der Waals surface area contributed by atoms with Crippen molar-refractivity contribution in [2.24, 2.45) is 11.8 Å². The molecular weight excluding hydrogens is 270 g/mol. The Morgan fingerprint density at radius 3 is 2.65 bits per heavy atom. The minimum absolute atomic E-state index is 0.447. The van der Waals surface area contributed by atoms with Crippen molar-refractivity contribution in [3.05, 3.63) is 22.8 Å². The van der Waals surface area contributed by atoms with E-state index in [1.54, 1.807) is 0 Å². The van der Waals surface area contributed by atoms with Crippen LogP contribution >= 0.6 is 11.6 Å². The number of nitrogens with zero attached hydrogens (tertiary/aromatic N) is 2. The van der Waals surface area contributed by atoms with Gasteiger partial charge in [-0.2, -0.15) is 0 Å². The first-order valence-electron chi connectivity index (χ1n) is 7.77. The van der Waals surface area contributed by atoms with E-state index in [0.717, 1.165) is 34.9 Å². The number of fused-ring (bicyclic) bond motifs is 1. The smallest absolute Gasteiger partial charge is 0.128 e. The van der Waals surface area contributed by atoms with Crippen LogP contribution in [0, 0.1) is 11.8 Å². The summed E-state index contributed by atoms with van der Waals surface area (Å²) in [6, 6.07) is 4.51. The van der Waals surface area contributed by atoms with E-state index in [4.69, 9.17) is 16.6 Å². The Bertz CT molecular complexity index is 463. The fourth-order valence-corrected chi connectivity index (χ4v) is 3.67. The first kappa shape index (κ1) is 14.2. The molecule has 2 aliphatic rings. The summed E-state index contributed by atoms with van der Waals surface area (Å²) < 4.78 is 0. The summed E-state index contributed by atoms with van der Waals surface area (Å²) in [4.78, 5) is 7.23. The van der Waals surface area contributed by atoms with E-state index >= 15 is 0 Å². The average Bonchev–Trinajstić information content (AvgIpc) is 2.98. The summed E-state index contributed by atoms with van der Waals surface area (Å²) in [5.74, 6) is 2.89. The van der Waals surface area contributed by atoms with Crippen LogP contribution in [0.2, 0.25) is 5.02 Å². The third-order valence-electron chi connectivity index (χ3n) is 4.63. The van der Waals surface area contributed by atoms with Crippen LogP contribution in [0.4, 0.5) is 5.82 Å². The van der Waals surface area contributed by atoms with Crippen molar-refractivity contribution in [1.82, 2.24) is 10.3 Å². The van der Waals surface area contributed by atoms with Crippen molar-refractivity contribution in [3.63, 3.8) is 0 Å². The van der Waals surface area contributed by atoms with Crippen LogP contribution in [0.5, 0.6) is 0 Å². The lowest BCUT2D eigenvalue weighted by Crippen LogP contribution is -2.25. The largest absolute Gasteiger partial charge is 0.356 e. The highest BCUT2D eigenvalue weighted by atomic mass is 35.5. The molecule has 0 radical (unpaired) electrons. The van der Waals surface area contributed by atoms with Gasteiger partial charge in [-0.3, -0.25) is 0 Å². The van der Waals surface area contributed by atoms with Gasteiger partial charge in [0.15, 0.2) is 0 Å². The van der Waals surface area contributed by atoms with Gasteiger partial charge in [0, 0.05) is 25.7 Å². The van der Waals surface area contributed by atoms with Crippen LogP contribution in [0.1, 0.15) is 38.8 Å². The molecule has 1 aromatic heterocycles. The number of hydrogen-bond donors (Lipinski definition) is 1. The molecule has 1 saturated heterocycles. The topological polar surface area (TPSA) is 28.2 Å². The van der Waals surface area contributed by atoms with E-state index in [9.17, 15) is 0 Å². The number of nitrogens with one attached hydrogen (secondary N) is 1. The summed E-state index contributed by atoms with van der Waals surface area (Å²) in [6.45, 7) is 7.37. The Morgan fingerprint density at radius 2 is 2.00 bits per heavy atom. The van der Waals surface area contributed by atoms with Gasteiger partial charge < -0.3 is 10.2 Å². The molecule has 0 spiro atoms. The number of anilines is 1. The van der Waals surface area contributed by atoms with Gasteiger partial charge in [0.05, 0.1) is 10.7 Å². The normalized spacial score (nSPS) is 25.5. The molecule has 1 aliphatic carbocycles. The van der Waals surface area contributed by atoms with Crippen LogP contribution < -0.4 is 10.2 Å². The SMILES string of the molecule is CC(C)NCc1nc(N2CC3CCCC3C2)ccc1Cl. The third kappa shape index (κ3) is 2.94. The van der Waals surface area contributed by atoms with Crippen LogP contribution in [0.25, 0.3) is 0 Å². The predicted octanol–water partition coefficient (Wildman–Crippen LogP) is 3.47. The minimum Gasteiger partial charge on any atom is -0.356 e. The van der Waals surface area contributed by atoms with Gasteiger partial charge in [-0.25, -0.2) is 4.98 Å². The van der Waals surface area contributed by atoms with Crippen LogP contribution in [0.3, 0.4) is 0 Å². The Morgan fingerprint density at radius 1 is 1.30 bits per heavy atom. The lowest BCUT2D eigenvalue weighted by Gasteiger charge is -2.20. The van der Waals surface area contributed by atoms with E-state index in [2.05, 4.69) is 30.1 Å². The Hall–Kier alpha value is -0.800. The predicted molar refractivity (Wildman–Crippen MR) is 84.3 cm³/mol. The molecule has 0 aromatic carbocycles. The highest BCUT2D eigenvalue weighted by Gasteiger charge is 2.36. The minimum atomic E-state index is 0.447. The van der Waals surface area contributed by atoms with Crippen molar-refractivity contribution in [2.75, 3.05) is 18.0 Å². The molecule has 1 saturated carbocycles. The van der Waals surface area contributed by atoms with Crippen LogP contribution in [0.15, 0.2) is 12.1 Å². The third-order valence-corrected chi connectivity index (χ3v) is 4.98. The van der Waals surface area contributed by atoms with E-state index in [-0.39, 0.29) is 0 Å². The lowest BCUT2D eigenvalue weighted by atomic mass is 10.0. The van der Waals surface area contributed by atoms with Gasteiger partial charge in [-0.1, -0.05) is 31.9 Å². The Balaban J connectivity index is 1.72. The molecule has 1 N–H and O–H groups in total. The Labute approximate surface area is 126 Å². The number of pyridine rings is 1. The first-order chi connectivity index (χ1) is 9.63. The molecule has 20 heavy (non-hydrogen) atoms. The fourth-order valence-electron chi connectivity index (χ4n) is 3.50. The van der Waals surface area contributed by atoms with E-state index < -0.39 is 0 Å². The van der Waals surface area contributed by atoms with Crippen molar-refractivity contribution in [1.29, 1.82) is 0 Å². The molecule has 4 heteroatoms. The van der Waals surface area contributed by atoms with E-state index in [0.29, 0.717) is 6.04 Å². The molecule has 0 bridgehead atoms. The summed E-state index contributed by atoms with van der Waals surface area (Å²) in [5, 5.41) is 4.16.